The molecule has 2 aromatic carbocycles. The number of aromatic nitrogens is 2. The van der Waals surface area contributed by atoms with Gasteiger partial charge in [-0.1, -0.05) is 35.9 Å². The molecule has 0 saturated carbocycles. The van der Waals surface area contributed by atoms with E-state index in [1.807, 2.05) is 63.2 Å². The van der Waals surface area contributed by atoms with Crippen molar-refractivity contribution in [2.75, 3.05) is 10.6 Å². The number of nitrogens with one attached hydrogen (secondary N) is 2. The van der Waals surface area contributed by atoms with Crippen LogP contribution in [0.2, 0.25) is 0 Å². The van der Waals surface area contributed by atoms with E-state index in [0.717, 1.165) is 28.1 Å². The number of hydrogen-bond acceptors (Lipinski definition) is 6. The molecule has 2 N–H and O–H groups in total. The lowest BCUT2D eigenvalue weighted by atomic mass is 10.1. The summed E-state index contributed by atoms with van der Waals surface area (Å²) in [5, 5.41) is 17.8. The van der Waals surface area contributed by atoms with Crippen molar-refractivity contribution >= 4 is 28.7 Å². The second-order valence-electron chi connectivity index (χ2n) is 6.06. The van der Waals surface area contributed by atoms with Crippen molar-refractivity contribution in [3.63, 3.8) is 0 Å². The highest BCUT2D eigenvalue weighted by molar-refractivity contribution is 5.78. The maximum absolute atomic E-state index is 11.7. The molecule has 7 heteroatoms. The number of nitro groups is 1. The predicted molar refractivity (Wildman–Crippen MR) is 102 cm³/mol. The third-order valence-corrected chi connectivity index (χ3v) is 4.04. The van der Waals surface area contributed by atoms with Gasteiger partial charge in [-0.3, -0.25) is 10.1 Å². The Hall–Kier alpha value is -3.48. The summed E-state index contributed by atoms with van der Waals surface area (Å²) in [6, 6.07) is 13.4. The highest BCUT2D eigenvalue weighted by Gasteiger charge is 2.24. The average molecular weight is 349 g/mol. The summed E-state index contributed by atoms with van der Waals surface area (Å²) in [5.41, 5.74) is 4.38. The molecule has 0 aliphatic heterocycles. The Balaban J connectivity index is 2.01. The minimum Gasteiger partial charge on any atom is -0.334 e. The van der Waals surface area contributed by atoms with Gasteiger partial charge in [0.1, 0.15) is 6.33 Å². The largest absolute Gasteiger partial charge is 0.353 e. The first-order valence-electron chi connectivity index (χ1n) is 8.12. The number of hydrogen-bond donors (Lipinski definition) is 2. The molecular formula is C19H19N5O2. The Morgan fingerprint density at radius 1 is 0.885 bits per heavy atom. The van der Waals surface area contributed by atoms with Gasteiger partial charge in [-0.15, -0.1) is 0 Å². The van der Waals surface area contributed by atoms with Crippen LogP contribution in [-0.2, 0) is 0 Å². The average Bonchev–Trinajstić information content (AvgIpc) is 2.59. The summed E-state index contributed by atoms with van der Waals surface area (Å²) >= 11 is 0. The van der Waals surface area contributed by atoms with Crippen molar-refractivity contribution in [1.82, 2.24) is 9.97 Å². The van der Waals surface area contributed by atoms with Gasteiger partial charge in [-0.05, 0) is 44.0 Å². The van der Waals surface area contributed by atoms with Gasteiger partial charge in [0.2, 0.25) is 11.6 Å². The lowest BCUT2D eigenvalue weighted by Crippen LogP contribution is -2.06. The second-order valence-corrected chi connectivity index (χ2v) is 6.06. The van der Waals surface area contributed by atoms with E-state index in [0.29, 0.717) is 0 Å². The van der Waals surface area contributed by atoms with Crippen LogP contribution in [0.15, 0.2) is 48.8 Å². The Kier molecular flexibility index (Phi) is 4.79. The van der Waals surface area contributed by atoms with E-state index in [9.17, 15) is 10.1 Å². The quantitative estimate of drug-likeness (QED) is 0.508. The van der Waals surface area contributed by atoms with Crippen LogP contribution in [0.3, 0.4) is 0 Å². The molecule has 0 aliphatic rings. The summed E-state index contributed by atoms with van der Waals surface area (Å²) in [7, 11) is 0. The van der Waals surface area contributed by atoms with E-state index in [-0.39, 0.29) is 17.3 Å². The van der Waals surface area contributed by atoms with Crippen molar-refractivity contribution in [2.45, 2.75) is 20.8 Å². The van der Waals surface area contributed by atoms with E-state index in [4.69, 9.17) is 0 Å². The monoisotopic (exact) mass is 349 g/mol. The second kappa shape index (κ2) is 7.18. The zero-order valence-corrected chi connectivity index (χ0v) is 14.8. The maximum atomic E-state index is 11.7. The molecule has 132 valence electrons. The van der Waals surface area contributed by atoms with E-state index < -0.39 is 4.92 Å². The third-order valence-electron chi connectivity index (χ3n) is 4.04. The van der Waals surface area contributed by atoms with Crippen molar-refractivity contribution in [1.29, 1.82) is 0 Å². The van der Waals surface area contributed by atoms with Crippen LogP contribution in [0.25, 0.3) is 0 Å². The molecule has 0 saturated heterocycles. The first kappa shape index (κ1) is 17.3. The third kappa shape index (κ3) is 3.61. The number of para-hydroxylation sites is 1. The summed E-state index contributed by atoms with van der Waals surface area (Å²) in [4.78, 5) is 19.4. The highest BCUT2D eigenvalue weighted by atomic mass is 16.6. The van der Waals surface area contributed by atoms with Crippen molar-refractivity contribution < 1.29 is 4.92 Å². The van der Waals surface area contributed by atoms with Gasteiger partial charge in [0.15, 0.2) is 0 Å². The predicted octanol–water partition coefficient (Wildman–Crippen LogP) is 4.80. The van der Waals surface area contributed by atoms with Crippen LogP contribution in [0.1, 0.15) is 16.7 Å². The van der Waals surface area contributed by atoms with Crippen LogP contribution in [-0.4, -0.2) is 14.9 Å². The topological polar surface area (TPSA) is 93.0 Å². The fourth-order valence-corrected chi connectivity index (χ4v) is 2.66. The van der Waals surface area contributed by atoms with E-state index in [1.54, 1.807) is 0 Å². The van der Waals surface area contributed by atoms with Gasteiger partial charge >= 0.3 is 5.69 Å². The zero-order valence-electron chi connectivity index (χ0n) is 14.8. The van der Waals surface area contributed by atoms with E-state index in [1.165, 1.54) is 6.33 Å². The Morgan fingerprint density at radius 2 is 1.50 bits per heavy atom. The molecular weight excluding hydrogens is 330 g/mol. The summed E-state index contributed by atoms with van der Waals surface area (Å²) in [6.07, 6.45) is 1.31. The molecule has 0 atom stereocenters. The minimum absolute atomic E-state index is 0.145. The molecule has 7 nitrogen and oxygen atoms in total. The normalized spacial score (nSPS) is 10.4. The van der Waals surface area contributed by atoms with E-state index in [2.05, 4.69) is 20.6 Å². The molecule has 26 heavy (non-hydrogen) atoms. The number of nitrogens with zero attached hydrogens (tertiary/aromatic N) is 3. The standard InChI is InChI=1S/C19H19N5O2/c1-12-8-9-16(14(3)10-12)23-19-17(24(25)26)18(20-11-21-19)22-15-7-5-4-6-13(15)2/h4-11H,1-3H3,(H2,20,21,22,23). The van der Waals surface area contributed by atoms with Crippen molar-refractivity contribution in [3.05, 3.63) is 75.6 Å². The molecule has 0 amide bonds. The van der Waals surface area contributed by atoms with Crippen LogP contribution in [0.5, 0.6) is 0 Å². The van der Waals surface area contributed by atoms with Crippen LogP contribution >= 0.6 is 0 Å². The fraction of sp³-hybridized carbons (Fsp3) is 0.158. The van der Waals surface area contributed by atoms with Gasteiger partial charge in [0.25, 0.3) is 0 Å². The molecule has 3 rings (SSSR count). The lowest BCUT2D eigenvalue weighted by molar-refractivity contribution is -0.383. The van der Waals surface area contributed by atoms with Crippen molar-refractivity contribution in [2.24, 2.45) is 0 Å². The summed E-state index contributed by atoms with van der Waals surface area (Å²) in [6.45, 7) is 5.85. The number of aryl methyl sites for hydroxylation is 3. The maximum Gasteiger partial charge on any atom is 0.353 e. The molecule has 0 aliphatic carbocycles. The number of benzene rings is 2. The minimum atomic E-state index is -0.480. The SMILES string of the molecule is Cc1ccc(Nc2ncnc(Nc3ccccc3C)c2[N+](=O)[O-])c(C)c1. The number of rotatable bonds is 5. The van der Waals surface area contributed by atoms with Gasteiger partial charge in [0.05, 0.1) is 4.92 Å². The molecule has 1 aromatic heterocycles. The van der Waals surface area contributed by atoms with Crippen LogP contribution in [0, 0.1) is 30.9 Å². The highest BCUT2D eigenvalue weighted by Crippen LogP contribution is 2.34. The van der Waals surface area contributed by atoms with Crippen LogP contribution < -0.4 is 10.6 Å². The fourth-order valence-electron chi connectivity index (χ4n) is 2.66. The summed E-state index contributed by atoms with van der Waals surface area (Å²) < 4.78 is 0. The molecule has 0 spiro atoms. The molecule has 1 heterocycles. The smallest absolute Gasteiger partial charge is 0.334 e. The molecule has 0 radical (unpaired) electrons. The molecule has 0 unspecified atom stereocenters. The zero-order chi connectivity index (χ0) is 18.7. The van der Waals surface area contributed by atoms with Gasteiger partial charge in [-0.2, -0.15) is 0 Å². The molecule has 0 fully saturated rings. The Labute approximate surface area is 151 Å². The number of anilines is 4. The van der Waals surface area contributed by atoms with Crippen molar-refractivity contribution in [3.8, 4) is 0 Å². The summed E-state index contributed by atoms with van der Waals surface area (Å²) in [5.74, 6) is 0.291. The first-order chi connectivity index (χ1) is 12.5. The van der Waals surface area contributed by atoms with Gasteiger partial charge in [0, 0.05) is 11.4 Å². The Bertz CT molecular complexity index is 972. The van der Waals surface area contributed by atoms with Gasteiger partial charge in [-0.25, -0.2) is 9.97 Å². The van der Waals surface area contributed by atoms with E-state index >= 15 is 0 Å². The molecule has 3 aromatic rings. The lowest BCUT2D eigenvalue weighted by Gasteiger charge is -2.13. The van der Waals surface area contributed by atoms with Gasteiger partial charge < -0.3 is 10.6 Å². The Morgan fingerprint density at radius 3 is 2.08 bits per heavy atom. The van der Waals surface area contributed by atoms with Crippen LogP contribution in [0.4, 0.5) is 28.7 Å². The first-order valence-corrected chi connectivity index (χ1v) is 8.12. The molecule has 0 bridgehead atoms.